The topological polar surface area (TPSA) is 37.3 Å². The van der Waals surface area contributed by atoms with Crippen LogP contribution in [0, 0.1) is 17.3 Å². The second kappa shape index (κ2) is 6.31. The van der Waals surface area contributed by atoms with Crippen molar-refractivity contribution in [1.82, 2.24) is 0 Å². The van der Waals surface area contributed by atoms with Crippen LogP contribution < -0.4 is 0 Å². The zero-order valence-corrected chi connectivity index (χ0v) is 14.9. The summed E-state index contributed by atoms with van der Waals surface area (Å²) in [6.45, 7) is 10.6. The summed E-state index contributed by atoms with van der Waals surface area (Å²) in [5.41, 5.74) is 1.59. The first-order valence-corrected chi connectivity index (χ1v) is 8.77. The number of ketones is 1. The first-order valence-electron chi connectivity index (χ1n) is 8.77. The minimum absolute atomic E-state index is 0.0283. The molecule has 1 saturated carbocycles. The molecule has 2 aliphatic rings. The molecule has 2 aliphatic carbocycles. The van der Waals surface area contributed by atoms with Crippen molar-refractivity contribution in [1.29, 1.82) is 0 Å². The van der Waals surface area contributed by atoms with Crippen LogP contribution >= 0.6 is 0 Å². The van der Waals surface area contributed by atoms with Crippen LogP contribution in [0.4, 0.5) is 0 Å². The van der Waals surface area contributed by atoms with E-state index in [1.165, 1.54) is 5.57 Å². The van der Waals surface area contributed by atoms with Gasteiger partial charge in [-0.05, 0) is 62.9 Å². The Labute approximate surface area is 135 Å². The normalized spacial score (nSPS) is 42.1. The number of carbonyl (C=O) groups excluding carboxylic acids is 1. The molecule has 2 heteroatoms. The third kappa shape index (κ3) is 3.22. The molecular weight excluding hydrogens is 272 g/mol. The molecule has 124 valence electrons. The standard InChI is InChI=1S/C20H32O2/c1-14(2)20(22)12-11-19(5)10-9-15(3)7-6-8-16(4)17(21)13-18(19)20/h8-9,14,18,22H,6-7,10-13H2,1-5H3/b15-9+,16-8+/t18-,19+,20-/m0/s1. The van der Waals surface area contributed by atoms with Crippen LogP contribution in [-0.2, 0) is 4.79 Å². The van der Waals surface area contributed by atoms with Gasteiger partial charge in [-0.3, -0.25) is 4.79 Å². The summed E-state index contributed by atoms with van der Waals surface area (Å²) < 4.78 is 0. The fraction of sp³-hybridized carbons (Fsp3) is 0.750. The number of hydrogen-bond donors (Lipinski definition) is 1. The molecule has 0 heterocycles. The van der Waals surface area contributed by atoms with Gasteiger partial charge in [0, 0.05) is 12.3 Å². The van der Waals surface area contributed by atoms with Gasteiger partial charge < -0.3 is 5.11 Å². The molecule has 0 amide bonds. The molecular formula is C20H32O2. The highest BCUT2D eigenvalue weighted by Crippen LogP contribution is 2.56. The van der Waals surface area contributed by atoms with Gasteiger partial charge in [0.15, 0.2) is 5.78 Å². The molecule has 0 radical (unpaired) electrons. The monoisotopic (exact) mass is 304 g/mol. The number of carbonyl (C=O) groups is 1. The van der Waals surface area contributed by atoms with Crippen LogP contribution in [-0.4, -0.2) is 16.5 Å². The average Bonchev–Trinajstić information content (AvgIpc) is 2.70. The van der Waals surface area contributed by atoms with E-state index >= 15 is 0 Å². The molecule has 0 bridgehead atoms. The lowest BCUT2D eigenvalue weighted by Crippen LogP contribution is -2.44. The SMILES string of the molecule is C/C1=C\C[C@]2(C)CC[C@](O)(C(C)C)[C@H]2CC(=O)/C(C)=C/CC1. The maximum Gasteiger partial charge on any atom is 0.158 e. The smallest absolute Gasteiger partial charge is 0.158 e. The second-order valence-corrected chi connectivity index (χ2v) is 8.16. The summed E-state index contributed by atoms with van der Waals surface area (Å²) in [5.74, 6) is 0.460. The number of hydrogen-bond acceptors (Lipinski definition) is 2. The highest BCUT2D eigenvalue weighted by molar-refractivity contribution is 5.95. The number of rotatable bonds is 1. The molecule has 0 aromatic rings. The molecule has 0 aromatic heterocycles. The highest BCUT2D eigenvalue weighted by Gasteiger charge is 2.55. The van der Waals surface area contributed by atoms with Gasteiger partial charge in [0.2, 0.25) is 0 Å². The Morgan fingerprint density at radius 1 is 1.23 bits per heavy atom. The van der Waals surface area contributed by atoms with Crippen LogP contribution in [0.25, 0.3) is 0 Å². The van der Waals surface area contributed by atoms with Crippen LogP contribution in [0.5, 0.6) is 0 Å². The molecule has 0 spiro atoms. The van der Waals surface area contributed by atoms with Crippen molar-refractivity contribution in [2.45, 2.75) is 78.7 Å². The van der Waals surface area contributed by atoms with Gasteiger partial charge in [-0.25, -0.2) is 0 Å². The van der Waals surface area contributed by atoms with E-state index < -0.39 is 5.60 Å². The Hall–Kier alpha value is -0.890. The summed E-state index contributed by atoms with van der Waals surface area (Å²) in [5, 5.41) is 11.3. The van der Waals surface area contributed by atoms with Gasteiger partial charge in [0.1, 0.15) is 0 Å². The third-order valence-electron chi connectivity index (χ3n) is 6.28. The van der Waals surface area contributed by atoms with Crippen molar-refractivity contribution in [3.63, 3.8) is 0 Å². The Balaban J connectivity index is 2.42. The molecule has 0 aromatic carbocycles. The quantitative estimate of drug-likeness (QED) is 0.705. The first-order chi connectivity index (χ1) is 10.2. The summed E-state index contributed by atoms with van der Waals surface area (Å²) in [7, 11) is 0. The van der Waals surface area contributed by atoms with Crippen molar-refractivity contribution >= 4 is 5.78 Å². The Morgan fingerprint density at radius 2 is 1.91 bits per heavy atom. The average molecular weight is 304 g/mol. The minimum Gasteiger partial charge on any atom is -0.389 e. The highest BCUT2D eigenvalue weighted by atomic mass is 16.3. The second-order valence-electron chi connectivity index (χ2n) is 8.16. The maximum atomic E-state index is 12.6. The molecule has 1 fully saturated rings. The summed E-state index contributed by atoms with van der Waals surface area (Å²) in [4.78, 5) is 12.6. The molecule has 1 N–H and O–H groups in total. The number of aliphatic hydroxyl groups is 1. The molecule has 22 heavy (non-hydrogen) atoms. The molecule has 0 saturated heterocycles. The number of fused-ring (bicyclic) bond motifs is 1. The van der Waals surface area contributed by atoms with E-state index in [2.05, 4.69) is 39.8 Å². The fourth-order valence-corrected chi connectivity index (χ4v) is 4.28. The van der Waals surface area contributed by atoms with Gasteiger partial charge >= 0.3 is 0 Å². The van der Waals surface area contributed by atoms with Crippen molar-refractivity contribution in [3.05, 3.63) is 23.3 Å². The predicted molar refractivity (Wildman–Crippen MR) is 91.6 cm³/mol. The van der Waals surface area contributed by atoms with Crippen LogP contribution in [0.1, 0.15) is 73.1 Å². The van der Waals surface area contributed by atoms with E-state index in [-0.39, 0.29) is 23.0 Å². The van der Waals surface area contributed by atoms with Gasteiger partial charge in [-0.15, -0.1) is 0 Å². The Kier molecular flexibility index (Phi) is 5.01. The van der Waals surface area contributed by atoms with E-state index in [1.54, 1.807) is 0 Å². The van der Waals surface area contributed by atoms with Gasteiger partial charge in [-0.2, -0.15) is 0 Å². The van der Waals surface area contributed by atoms with Crippen molar-refractivity contribution in [2.75, 3.05) is 0 Å². The van der Waals surface area contributed by atoms with Crippen molar-refractivity contribution < 1.29 is 9.90 Å². The van der Waals surface area contributed by atoms with E-state index in [0.29, 0.717) is 6.42 Å². The lowest BCUT2D eigenvalue weighted by Gasteiger charge is -2.40. The predicted octanol–water partition coefficient (Wildman–Crippen LogP) is 4.83. The number of Topliss-reactive ketones (excluding diaryl/α,β-unsaturated/α-hetero) is 1. The van der Waals surface area contributed by atoms with E-state index in [0.717, 1.165) is 37.7 Å². The van der Waals surface area contributed by atoms with Gasteiger partial charge in [0.25, 0.3) is 0 Å². The van der Waals surface area contributed by atoms with Crippen LogP contribution in [0.3, 0.4) is 0 Å². The zero-order valence-electron chi connectivity index (χ0n) is 14.9. The minimum atomic E-state index is -0.708. The molecule has 2 rings (SSSR count). The summed E-state index contributed by atoms with van der Waals surface area (Å²) in [6, 6.07) is 0. The first kappa shape index (κ1) is 17.5. The van der Waals surface area contributed by atoms with E-state index in [1.807, 2.05) is 6.92 Å². The lowest BCUT2D eigenvalue weighted by atomic mass is 9.67. The summed E-state index contributed by atoms with van der Waals surface area (Å²) >= 11 is 0. The van der Waals surface area contributed by atoms with Crippen molar-refractivity contribution in [2.24, 2.45) is 17.3 Å². The Morgan fingerprint density at radius 3 is 2.55 bits per heavy atom. The molecule has 3 atom stereocenters. The van der Waals surface area contributed by atoms with Gasteiger partial charge in [-0.1, -0.05) is 38.5 Å². The maximum absolute atomic E-state index is 12.6. The van der Waals surface area contributed by atoms with E-state index in [9.17, 15) is 9.90 Å². The van der Waals surface area contributed by atoms with Crippen LogP contribution in [0.15, 0.2) is 23.3 Å². The fourth-order valence-electron chi connectivity index (χ4n) is 4.28. The van der Waals surface area contributed by atoms with Crippen LogP contribution in [0.2, 0.25) is 0 Å². The molecule has 2 nitrogen and oxygen atoms in total. The number of allylic oxidation sites excluding steroid dienone is 4. The zero-order chi connectivity index (χ0) is 16.5. The Bertz CT molecular complexity index is 500. The largest absolute Gasteiger partial charge is 0.389 e. The lowest BCUT2D eigenvalue weighted by molar-refractivity contribution is -0.122. The van der Waals surface area contributed by atoms with Gasteiger partial charge in [0.05, 0.1) is 5.60 Å². The van der Waals surface area contributed by atoms with E-state index in [4.69, 9.17) is 0 Å². The molecule has 0 unspecified atom stereocenters. The summed E-state index contributed by atoms with van der Waals surface area (Å²) in [6.07, 6.45) is 9.67. The third-order valence-corrected chi connectivity index (χ3v) is 6.28. The van der Waals surface area contributed by atoms with Crippen molar-refractivity contribution in [3.8, 4) is 0 Å². The molecule has 0 aliphatic heterocycles.